The normalized spacial score (nSPS) is 27.6. The number of ether oxygens (including phenoxy) is 2. The molecule has 1 aliphatic rings. The van der Waals surface area contributed by atoms with Crippen molar-refractivity contribution in [1.29, 1.82) is 0 Å². The molecule has 0 radical (unpaired) electrons. The second-order valence-electron chi connectivity index (χ2n) is 8.08. The average Bonchev–Trinajstić information content (AvgIpc) is 2.70. The summed E-state index contributed by atoms with van der Waals surface area (Å²) >= 11 is 0. The van der Waals surface area contributed by atoms with E-state index in [1.165, 1.54) is 0 Å². The summed E-state index contributed by atoms with van der Waals surface area (Å²) in [5.41, 5.74) is -0.348. The first-order valence-electron chi connectivity index (χ1n) is 9.69. The minimum atomic E-state index is -1.02. The van der Waals surface area contributed by atoms with Crippen molar-refractivity contribution in [2.75, 3.05) is 34.9 Å². The Kier molecular flexibility index (Phi) is 5.98. The summed E-state index contributed by atoms with van der Waals surface area (Å²) in [5.74, 6) is 1.31. The Hall–Kier alpha value is -2.08. The van der Waals surface area contributed by atoms with Crippen molar-refractivity contribution in [1.82, 2.24) is 4.90 Å². The third-order valence-electron chi connectivity index (χ3n) is 5.94. The quantitative estimate of drug-likeness (QED) is 0.800. The summed E-state index contributed by atoms with van der Waals surface area (Å²) in [4.78, 5) is 2.06. The Balaban J connectivity index is 1.97. The second-order valence-corrected chi connectivity index (χ2v) is 8.08. The SMILES string of the molecule is COc1cccc(C2(O)CCC(O)(c3cccc(OC)c3)C(CN(C)C)C2)c1. The van der Waals surface area contributed by atoms with Crippen LogP contribution in [0.2, 0.25) is 0 Å². The van der Waals surface area contributed by atoms with Gasteiger partial charge in [-0.3, -0.25) is 0 Å². The van der Waals surface area contributed by atoms with Crippen molar-refractivity contribution >= 4 is 0 Å². The second kappa shape index (κ2) is 8.11. The van der Waals surface area contributed by atoms with Crippen molar-refractivity contribution < 1.29 is 19.7 Å². The first kappa shape index (κ1) is 20.6. The number of nitrogens with zero attached hydrogens (tertiary/aromatic N) is 1. The molecule has 2 N–H and O–H groups in total. The highest BCUT2D eigenvalue weighted by molar-refractivity contribution is 5.36. The van der Waals surface area contributed by atoms with Gasteiger partial charge >= 0.3 is 0 Å². The summed E-state index contributed by atoms with van der Waals surface area (Å²) in [6, 6.07) is 15.2. The molecule has 0 bridgehead atoms. The van der Waals surface area contributed by atoms with E-state index in [0.717, 1.165) is 22.6 Å². The van der Waals surface area contributed by atoms with Gasteiger partial charge in [0.2, 0.25) is 0 Å². The fourth-order valence-corrected chi connectivity index (χ4v) is 4.38. The largest absolute Gasteiger partial charge is 0.497 e. The molecule has 28 heavy (non-hydrogen) atoms. The zero-order valence-electron chi connectivity index (χ0n) is 17.2. The molecule has 1 saturated carbocycles. The van der Waals surface area contributed by atoms with Crippen molar-refractivity contribution in [3.63, 3.8) is 0 Å². The molecule has 1 fully saturated rings. The predicted molar refractivity (Wildman–Crippen MR) is 110 cm³/mol. The summed E-state index contributed by atoms with van der Waals surface area (Å²) in [7, 11) is 7.24. The first-order chi connectivity index (χ1) is 13.3. The topological polar surface area (TPSA) is 62.2 Å². The molecule has 0 amide bonds. The van der Waals surface area contributed by atoms with Crippen LogP contribution in [0.5, 0.6) is 11.5 Å². The zero-order chi connectivity index (χ0) is 20.4. The van der Waals surface area contributed by atoms with Crippen LogP contribution in [0.1, 0.15) is 30.4 Å². The lowest BCUT2D eigenvalue weighted by atomic mass is 9.64. The Bertz CT molecular complexity index is 809. The first-order valence-corrected chi connectivity index (χ1v) is 9.69. The highest BCUT2D eigenvalue weighted by Gasteiger charge is 2.49. The highest BCUT2D eigenvalue weighted by atomic mass is 16.5. The van der Waals surface area contributed by atoms with Crippen LogP contribution in [0.15, 0.2) is 48.5 Å². The van der Waals surface area contributed by atoms with Crippen LogP contribution in [0.4, 0.5) is 0 Å². The summed E-state index contributed by atoms with van der Waals surface area (Å²) in [6.07, 6.45) is 1.40. The monoisotopic (exact) mass is 385 g/mol. The van der Waals surface area contributed by atoms with Gasteiger partial charge in [-0.1, -0.05) is 24.3 Å². The van der Waals surface area contributed by atoms with Gasteiger partial charge in [0, 0.05) is 12.5 Å². The van der Waals surface area contributed by atoms with E-state index in [2.05, 4.69) is 4.90 Å². The number of rotatable bonds is 6. The zero-order valence-corrected chi connectivity index (χ0v) is 17.2. The number of benzene rings is 2. The minimum absolute atomic E-state index is 0.139. The Morgan fingerprint density at radius 3 is 2.07 bits per heavy atom. The average molecular weight is 386 g/mol. The van der Waals surface area contributed by atoms with Crippen LogP contribution >= 0.6 is 0 Å². The maximum Gasteiger partial charge on any atom is 0.119 e. The maximum atomic E-state index is 11.7. The lowest BCUT2D eigenvalue weighted by molar-refractivity contribution is -0.134. The van der Waals surface area contributed by atoms with Gasteiger partial charge in [0.25, 0.3) is 0 Å². The molecular weight excluding hydrogens is 354 g/mol. The van der Waals surface area contributed by atoms with Gasteiger partial charge in [0.1, 0.15) is 11.5 Å². The van der Waals surface area contributed by atoms with Crippen molar-refractivity contribution in [2.24, 2.45) is 5.92 Å². The summed E-state index contributed by atoms with van der Waals surface area (Å²) in [6.45, 7) is 0.667. The molecule has 3 rings (SSSR count). The third-order valence-corrected chi connectivity index (χ3v) is 5.94. The van der Waals surface area contributed by atoms with E-state index in [0.29, 0.717) is 25.8 Å². The Labute approximate surface area is 167 Å². The molecule has 3 atom stereocenters. The van der Waals surface area contributed by atoms with E-state index in [4.69, 9.17) is 9.47 Å². The standard InChI is InChI=1S/C23H31NO4/c1-24(2)16-19-15-22(25,17-7-5-9-20(13-17)27-3)11-12-23(19,26)18-8-6-10-21(14-18)28-4/h5-10,13-14,19,25-26H,11-12,15-16H2,1-4H3. The van der Waals surface area contributed by atoms with Gasteiger partial charge in [-0.25, -0.2) is 0 Å². The van der Waals surface area contributed by atoms with Crippen molar-refractivity contribution in [3.05, 3.63) is 59.7 Å². The molecular formula is C23H31NO4. The fourth-order valence-electron chi connectivity index (χ4n) is 4.38. The number of hydrogen-bond donors (Lipinski definition) is 2. The van der Waals surface area contributed by atoms with Gasteiger partial charge in [0.05, 0.1) is 25.4 Å². The molecule has 152 valence electrons. The predicted octanol–water partition coefficient (Wildman–Crippen LogP) is 3.14. The minimum Gasteiger partial charge on any atom is -0.497 e. The molecule has 2 aromatic carbocycles. The third kappa shape index (κ3) is 4.02. The van der Waals surface area contributed by atoms with Gasteiger partial charge in [-0.15, -0.1) is 0 Å². The van der Waals surface area contributed by atoms with E-state index in [-0.39, 0.29) is 5.92 Å². The Morgan fingerprint density at radius 1 is 0.929 bits per heavy atom. The molecule has 5 nitrogen and oxygen atoms in total. The van der Waals surface area contributed by atoms with Gasteiger partial charge < -0.3 is 24.6 Å². The van der Waals surface area contributed by atoms with Crippen molar-refractivity contribution in [2.45, 2.75) is 30.5 Å². The van der Waals surface area contributed by atoms with Gasteiger partial charge in [0.15, 0.2) is 0 Å². The maximum absolute atomic E-state index is 11.7. The summed E-state index contributed by atoms with van der Waals surface area (Å²) in [5, 5.41) is 23.2. The molecule has 5 heteroatoms. The molecule has 0 saturated heterocycles. The van der Waals surface area contributed by atoms with Gasteiger partial charge in [-0.05, 0) is 68.8 Å². The lowest BCUT2D eigenvalue weighted by Crippen LogP contribution is -2.49. The van der Waals surface area contributed by atoms with Crippen molar-refractivity contribution in [3.8, 4) is 11.5 Å². The molecule has 0 aromatic heterocycles. The van der Waals surface area contributed by atoms with Crippen LogP contribution in [-0.2, 0) is 11.2 Å². The molecule has 2 aromatic rings. The molecule has 1 aliphatic carbocycles. The fraction of sp³-hybridized carbons (Fsp3) is 0.478. The van der Waals surface area contributed by atoms with E-state index in [1.807, 2.05) is 62.6 Å². The number of hydrogen-bond acceptors (Lipinski definition) is 5. The van der Waals surface area contributed by atoms with Crippen LogP contribution < -0.4 is 9.47 Å². The molecule has 0 aliphatic heterocycles. The highest BCUT2D eigenvalue weighted by Crippen LogP contribution is 2.50. The number of aliphatic hydroxyl groups is 2. The van der Waals surface area contributed by atoms with Crippen LogP contribution in [0, 0.1) is 5.92 Å². The van der Waals surface area contributed by atoms with E-state index < -0.39 is 11.2 Å². The van der Waals surface area contributed by atoms with Crippen LogP contribution in [-0.4, -0.2) is 50.0 Å². The molecule has 0 heterocycles. The molecule has 3 unspecified atom stereocenters. The van der Waals surface area contributed by atoms with E-state index in [9.17, 15) is 10.2 Å². The van der Waals surface area contributed by atoms with Crippen LogP contribution in [0.25, 0.3) is 0 Å². The Morgan fingerprint density at radius 2 is 1.50 bits per heavy atom. The molecule has 0 spiro atoms. The van der Waals surface area contributed by atoms with E-state index >= 15 is 0 Å². The van der Waals surface area contributed by atoms with Crippen LogP contribution in [0.3, 0.4) is 0 Å². The summed E-state index contributed by atoms with van der Waals surface area (Å²) < 4.78 is 10.7. The lowest BCUT2D eigenvalue weighted by Gasteiger charge is -2.48. The van der Waals surface area contributed by atoms with Gasteiger partial charge in [-0.2, -0.15) is 0 Å². The smallest absolute Gasteiger partial charge is 0.119 e. The van der Waals surface area contributed by atoms with E-state index in [1.54, 1.807) is 14.2 Å². The number of methoxy groups -OCH3 is 2.